The number of rotatable bonds is 3. The summed E-state index contributed by atoms with van der Waals surface area (Å²) in [5.74, 6) is -0.880. The van der Waals surface area contributed by atoms with Gasteiger partial charge in [0.1, 0.15) is 10.8 Å². The number of benzene rings is 1. The minimum absolute atomic E-state index is 0.0725. The van der Waals surface area contributed by atoms with Gasteiger partial charge in [0.25, 0.3) is 5.91 Å². The molecule has 94 valence electrons. The smallest absolute Gasteiger partial charge is 0.254 e. The maximum absolute atomic E-state index is 13.7. The average molecular weight is 264 g/mol. The normalized spacial score (nSPS) is 10.4. The molecule has 1 heterocycles. The maximum atomic E-state index is 13.7. The largest absolute Gasteiger partial charge is 0.345 e. The number of nitrogens with one attached hydrogen (secondary N) is 1. The van der Waals surface area contributed by atoms with Crippen LogP contribution in [-0.4, -0.2) is 10.9 Å². The lowest BCUT2D eigenvalue weighted by Crippen LogP contribution is -2.24. The summed E-state index contributed by atoms with van der Waals surface area (Å²) in [4.78, 5) is 16.0. The Hall–Kier alpha value is -1.75. The van der Waals surface area contributed by atoms with Crippen LogP contribution in [0.4, 0.5) is 4.39 Å². The summed E-state index contributed by atoms with van der Waals surface area (Å²) >= 11 is 1.47. The minimum atomic E-state index is -0.467. The Morgan fingerprint density at radius 2 is 2.22 bits per heavy atom. The summed E-state index contributed by atoms with van der Waals surface area (Å²) < 4.78 is 13.7. The van der Waals surface area contributed by atoms with E-state index in [-0.39, 0.29) is 5.56 Å². The third kappa shape index (κ3) is 2.73. The maximum Gasteiger partial charge on any atom is 0.254 e. The highest BCUT2D eigenvalue weighted by Crippen LogP contribution is 2.12. The summed E-state index contributed by atoms with van der Waals surface area (Å²) in [6.07, 6.45) is 0. The first-order chi connectivity index (χ1) is 8.58. The van der Waals surface area contributed by atoms with Crippen molar-refractivity contribution in [2.45, 2.75) is 20.4 Å². The number of thiazole rings is 1. The molecule has 1 aromatic heterocycles. The van der Waals surface area contributed by atoms with E-state index in [1.54, 1.807) is 19.1 Å². The van der Waals surface area contributed by atoms with Gasteiger partial charge in [-0.05, 0) is 25.5 Å². The SMILES string of the molecule is Cc1csc(CNC(=O)c2cccc(C)c2F)n1. The zero-order valence-corrected chi connectivity index (χ0v) is 11.0. The molecule has 0 bridgehead atoms. The summed E-state index contributed by atoms with van der Waals surface area (Å²) in [6, 6.07) is 4.78. The number of aromatic nitrogens is 1. The van der Waals surface area contributed by atoms with Crippen LogP contribution in [0.1, 0.15) is 26.6 Å². The van der Waals surface area contributed by atoms with Crippen molar-refractivity contribution >= 4 is 17.2 Å². The molecule has 0 saturated carbocycles. The van der Waals surface area contributed by atoms with E-state index in [0.29, 0.717) is 12.1 Å². The predicted octanol–water partition coefficient (Wildman–Crippen LogP) is 2.83. The summed E-state index contributed by atoms with van der Waals surface area (Å²) in [7, 11) is 0. The zero-order chi connectivity index (χ0) is 13.1. The highest BCUT2D eigenvalue weighted by atomic mass is 32.1. The van der Waals surface area contributed by atoms with Crippen LogP contribution < -0.4 is 5.32 Å². The van der Waals surface area contributed by atoms with Gasteiger partial charge >= 0.3 is 0 Å². The molecule has 0 saturated heterocycles. The Bertz CT molecular complexity index is 580. The van der Waals surface area contributed by atoms with E-state index in [9.17, 15) is 9.18 Å². The molecule has 0 radical (unpaired) electrons. The molecule has 2 rings (SSSR count). The Labute approximate surface area is 109 Å². The second kappa shape index (κ2) is 5.27. The fraction of sp³-hybridized carbons (Fsp3) is 0.231. The quantitative estimate of drug-likeness (QED) is 0.926. The number of halogens is 1. The lowest BCUT2D eigenvalue weighted by atomic mass is 10.1. The molecule has 0 aliphatic heterocycles. The van der Waals surface area contributed by atoms with Crippen LogP contribution in [0.25, 0.3) is 0 Å². The molecule has 1 N–H and O–H groups in total. The number of carbonyl (C=O) groups excluding carboxylic acids is 1. The van der Waals surface area contributed by atoms with Crippen LogP contribution in [0.2, 0.25) is 0 Å². The van der Waals surface area contributed by atoms with Crippen molar-refractivity contribution in [2.24, 2.45) is 0 Å². The number of hydrogen-bond acceptors (Lipinski definition) is 3. The van der Waals surface area contributed by atoms with Gasteiger partial charge in [0, 0.05) is 11.1 Å². The van der Waals surface area contributed by atoms with E-state index in [2.05, 4.69) is 10.3 Å². The van der Waals surface area contributed by atoms with Crippen LogP contribution in [-0.2, 0) is 6.54 Å². The lowest BCUT2D eigenvalue weighted by Gasteiger charge is -2.05. The Morgan fingerprint density at radius 1 is 1.44 bits per heavy atom. The third-order valence-electron chi connectivity index (χ3n) is 2.50. The molecule has 0 fully saturated rings. The number of amides is 1. The van der Waals surface area contributed by atoms with Crippen molar-refractivity contribution in [1.82, 2.24) is 10.3 Å². The number of nitrogens with zero attached hydrogens (tertiary/aromatic N) is 1. The van der Waals surface area contributed by atoms with Gasteiger partial charge in [-0.25, -0.2) is 9.37 Å². The van der Waals surface area contributed by atoms with Gasteiger partial charge in [-0.2, -0.15) is 0 Å². The Kier molecular flexibility index (Phi) is 3.72. The molecule has 5 heteroatoms. The number of hydrogen-bond donors (Lipinski definition) is 1. The molecule has 3 nitrogen and oxygen atoms in total. The van der Waals surface area contributed by atoms with E-state index in [0.717, 1.165) is 10.7 Å². The van der Waals surface area contributed by atoms with Crippen molar-refractivity contribution in [2.75, 3.05) is 0 Å². The highest BCUT2D eigenvalue weighted by molar-refractivity contribution is 7.09. The van der Waals surface area contributed by atoms with E-state index in [4.69, 9.17) is 0 Å². The Morgan fingerprint density at radius 3 is 2.89 bits per heavy atom. The zero-order valence-electron chi connectivity index (χ0n) is 10.2. The summed E-state index contributed by atoms with van der Waals surface area (Å²) in [5, 5.41) is 5.39. The average Bonchev–Trinajstić information content (AvgIpc) is 2.76. The molecule has 0 atom stereocenters. The van der Waals surface area contributed by atoms with Gasteiger partial charge in [-0.1, -0.05) is 12.1 Å². The van der Waals surface area contributed by atoms with Crippen LogP contribution in [0, 0.1) is 19.7 Å². The second-order valence-electron chi connectivity index (χ2n) is 4.00. The summed E-state index contributed by atoms with van der Waals surface area (Å²) in [6.45, 7) is 3.85. The topological polar surface area (TPSA) is 42.0 Å². The minimum Gasteiger partial charge on any atom is -0.345 e. The second-order valence-corrected chi connectivity index (χ2v) is 4.94. The van der Waals surface area contributed by atoms with Gasteiger partial charge in [-0.3, -0.25) is 4.79 Å². The number of aryl methyl sites for hydroxylation is 2. The molecular formula is C13H13FN2OS. The first kappa shape index (κ1) is 12.7. The fourth-order valence-corrected chi connectivity index (χ4v) is 2.27. The van der Waals surface area contributed by atoms with Gasteiger partial charge < -0.3 is 5.32 Å². The molecule has 1 amide bonds. The van der Waals surface area contributed by atoms with Gasteiger partial charge in [-0.15, -0.1) is 11.3 Å². The van der Waals surface area contributed by atoms with E-state index in [1.807, 2.05) is 12.3 Å². The molecule has 1 aromatic carbocycles. The van der Waals surface area contributed by atoms with Gasteiger partial charge in [0.05, 0.1) is 12.1 Å². The van der Waals surface area contributed by atoms with Crippen molar-refractivity contribution in [3.05, 3.63) is 51.2 Å². The van der Waals surface area contributed by atoms with Gasteiger partial charge in [0.15, 0.2) is 0 Å². The predicted molar refractivity (Wildman–Crippen MR) is 69.2 cm³/mol. The van der Waals surface area contributed by atoms with Crippen LogP contribution in [0.5, 0.6) is 0 Å². The third-order valence-corrected chi connectivity index (χ3v) is 3.47. The van der Waals surface area contributed by atoms with Gasteiger partial charge in [0.2, 0.25) is 0 Å². The number of carbonyl (C=O) groups is 1. The molecule has 18 heavy (non-hydrogen) atoms. The standard InChI is InChI=1S/C13H13FN2OS/c1-8-4-3-5-10(12(8)14)13(17)15-6-11-16-9(2)7-18-11/h3-5,7H,6H2,1-2H3,(H,15,17). The van der Waals surface area contributed by atoms with E-state index >= 15 is 0 Å². The Balaban J connectivity index is 2.06. The van der Waals surface area contributed by atoms with Crippen molar-refractivity contribution in [3.8, 4) is 0 Å². The first-order valence-corrected chi connectivity index (χ1v) is 6.40. The molecule has 0 unspecified atom stereocenters. The fourth-order valence-electron chi connectivity index (χ4n) is 1.56. The molecular weight excluding hydrogens is 251 g/mol. The summed E-state index contributed by atoms with van der Waals surface area (Å²) in [5.41, 5.74) is 1.46. The van der Waals surface area contributed by atoms with Crippen molar-refractivity contribution in [1.29, 1.82) is 0 Å². The molecule has 0 spiro atoms. The van der Waals surface area contributed by atoms with Crippen molar-refractivity contribution in [3.63, 3.8) is 0 Å². The van der Waals surface area contributed by atoms with Crippen molar-refractivity contribution < 1.29 is 9.18 Å². The first-order valence-electron chi connectivity index (χ1n) is 5.52. The lowest BCUT2D eigenvalue weighted by molar-refractivity contribution is 0.0946. The molecule has 0 aliphatic carbocycles. The highest BCUT2D eigenvalue weighted by Gasteiger charge is 2.13. The molecule has 0 aliphatic rings. The molecule has 2 aromatic rings. The van der Waals surface area contributed by atoms with E-state index in [1.165, 1.54) is 17.4 Å². The van der Waals surface area contributed by atoms with E-state index < -0.39 is 11.7 Å². The van der Waals surface area contributed by atoms with Crippen LogP contribution >= 0.6 is 11.3 Å². The monoisotopic (exact) mass is 264 g/mol. The van der Waals surface area contributed by atoms with Crippen LogP contribution in [0.3, 0.4) is 0 Å². The van der Waals surface area contributed by atoms with Crippen LogP contribution in [0.15, 0.2) is 23.6 Å².